The van der Waals surface area contributed by atoms with E-state index in [9.17, 15) is 0 Å². The van der Waals surface area contributed by atoms with Crippen LogP contribution in [0.15, 0.2) is 91.0 Å². The van der Waals surface area contributed by atoms with Crippen molar-refractivity contribution in [2.75, 3.05) is 0 Å². The zero-order valence-corrected chi connectivity index (χ0v) is 18.7. The summed E-state index contributed by atoms with van der Waals surface area (Å²) in [4.78, 5) is 0. The van der Waals surface area contributed by atoms with E-state index >= 15 is 0 Å². The second-order valence-corrected chi connectivity index (χ2v) is 6.56. The van der Waals surface area contributed by atoms with E-state index < -0.39 is 7.92 Å². The van der Waals surface area contributed by atoms with E-state index in [0.29, 0.717) is 0 Å². The molecule has 0 aliphatic carbocycles. The fourth-order valence-corrected chi connectivity index (χ4v) is 4.48. The molecule has 0 radical (unpaired) electrons. The first-order valence-electron chi connectivity index (χ1n) is 6.40. The first kappa shape index (κ1) is 35.6. The van der Waals surface area contributed by atoms with Crippen LogP contribution in [0.25, 0.3) is 0 Å². The molecule has 26 heavy (non-hydrogen) atoms. The van der Waals surface area contributed by atoms with Crippen LogP contribution in [0.4, 0.5) is 28.2 Å². The van der Waals surface area contributed by atoms with Gasteiger partial charge in [-0.2, -0.15) is 0 Å². The van der Waals surface area contributed by atoms with Crippen LogP contribution in [-0.4, -0.2) is 24.4 Å². The second-order valence-electron chi connectivity index (χ2n) is 4.34. The molecule has 0 saturated heterocycles. The Bertz CT molecular complexity index is 550. The Labute approximate surface area is 167 Å². The molecular formula is C18H24F6PSb. The number of hydrogen-bond acceptors (Lipinski definition) is 0. The minimum Gasteiger partial charge on any atom is -0.0622 e. The van der Waals surface area contributed by atoms with E-state index in [-0.39, 0.29) is 52.7 Å². The number of rotatable bonds is 3. The minimum atomic E-state index is -0.446. The van der Waals surface area contributed by atoms with Gasteiger partial charge in [-0.1, -0.05) is 91.0 Å². The summed E-state index contributed by atoms with van der Waals surface area (Å²) in [5.41, 5.74) is 0. The van der Waals surface area contributed by atoms with Crippen LogP contribution < -0.4 is 15.9 Å². The van der Waals surface area contributed by atoms with Gasteiger partial charge in [-0.25, -0.2) is 0 Å². The molecule has 0 atom stereocenters. The summed E-state index contributed by atoms with van der Waals surface area (Å²) in [5, 5.41) is 4.19. The van der Waals surface area contributed by atoms with E-state index in [1.54, 1.807) is 0 Å². The number of benzene rings is 3. The molecule has 0 unspecified atom stereocenters. The zero-order chi connectivity index (χ0) is 12.9. The molecule has 3 aromatic rings. The van der Waals surface area contributed by atoms with Gasteiger partial charge in [0.1, 0.15) is 0 Å². The Balaban J connectivity index is -0.000000210. The molecule has 0 aromatic heterocycles. The molecule has 0 heterocycles. The standard InChI is InChI=1S/C18H15P.6FH.Sb.3H/c1-4-10-16(11-5-1)19(17-12-6-2-7-13-17)18-14-8-3-9-15-18;;;;;;;;;;/h1-15H;6*1H;;;;. The topological polar surface area (TPSA) is 0 Å². The molecule has 0 nitrogen and oxygen atoms in total. The summed E-state index contributed by atoms with van der Waals surface area (Å²) < 4.78 is 0. The first-order chi connectivity index (χ1) is 9.45. The third kappa shape index (κ3) is 8.73. The quantitative estimate of drug-likeness (QED) is 0.291. The summed E-state index contributed by atoms with van der Waals surface area (Å²) in [7, 11) is -0.446. The average Bonchev–Trinajstić information content (AvgIpc) is 2.51. The van der Waals surface area contributed by atoms with Crippen molar-refractivity contribution in [3.8, 4) is 0 Å². The monoisotopic (exact) mass is 506 g/mol. The summed E-state index contributed by atoms with van der Waals surface area (Å²) >= 11 is 0. The summed E-state index contributed by atoms with van der Waals surface area (Å²) in [5.74, 6) is 0. The summed E-state index contributed by atoms with van der Waals surface area (Å²) in [6.07, 6.45) is 0. The van der Waals surface area contributed by atoms with Crippen LogP contribution in [0.5, 0.6) is 0 Å². The Hall–Kier alpha value is -1.51. The minimum absolute atomic E-state index is 0. The van der Waals surface area contributed by atoms with Gasteiger partial charge in [0, 0.05) is 0 Å². The molecule has 148 valence electrons. The normalized spacial score (nSPS) is 7.73. The van der Waals surface area contributed by atoms with Gasteiger partial charge in [0.05, 0.1) is 0 Å². The Kier molecular flexibility index (Phi) is 25.0. The van der Waals surface area contributed by atoms with Crippen molar-refractivity contribution >= 4 is 48.3 Å². The van der Waals surface area contributed by atoms with E-state index in [1.807, 2.05) is 0 Å². The van der Waals surface area contributed by atoms with Crippen molar-refractivity contribution in [1.29, 1.82) is 0 Å². The van der Waals surface area contributed by atoms with Crippen molar-refractivity contribution < 1.29 is 28.2 Å². The predicted octanol–water partition coefficient (Wildman–Crippen LogP) is 3.18. The summed E-state index contributed by atoms with van der Waals surface area (Å²) in [6, 6.07) is 32.3. The molecule has 0 aliphatic rings. The zero-order valence-electron chi connectivity index (χ0n) is 13.8. The molecule has 3 aromatic carbocycles. The Morgan fingerprint density at radius 1 is 0.346 bits per heavy atom. The SMILES string of the molecule is F.F.F.F.F.F.[SbH3].c1ccc(P(c2ccccc2)c2ccccc2)cc1. The summed E-state index contributed by atoms with van der Waals surface area (Å²) in [6.45, 7) is 0. The van der Waals surface area contributed by atoms with Gasteiger partial charge in [-0.3, -0.25) is 28.2 Å². The molecule has 0 N–H and O–H groups in total. The number of halogens is 6. The third-order valence-corrected chi connectivity index (χ3v) is 5.49. The van der Waals surface area contributed by atoms with Gasteiger partial charge in [0.15, 0.2) is 0 Å². The molecule has 0 saturated carbocycles. The molecule has 3 rings (SSSR count). The van der Waals surface area contributed by atoms with E-state index in [2.05, 4.69) is 91.0 Å². The molecule has 8 heteroatoms. The van der Waals surface area contributed by atoms with Gasteiger partial charge in [0.2, 0.25) is 0 Å². The molecule has 0 aliphatic heterocycles. The van der Waals surface area contributed by atoms with Gasteiger partial charge in [0.25, 0.3) is 0 Å². The van der Waals surface area contributed by atoms with E-state index in [0.717, 1.165) is 0 Å². The molecule has 0 bridgehead atoms. The van der Waals surface area contributed by atoms with Gasteiger partial charge < -0.3 is 0 Å². The largest absolute Gasteiger partial charge is 0.0622 e. The maximum atomic E-state index is 2.23. The van der Waals surface area contributed by atoms with Crippen LogP contribution in [0.2, 0.25) is 0 Å². The molecule has 0 amide bonds. The van der Waals surface area contributed by atoms with Crippen molar-refractivity contribution in [2.24, 2.45) is 0 Å². The van der Waals surface area contributed by atoms with Crippen LogP contribution in [0.1, 0.15) is 0 Å². The van der Waals surface area contributed by atoms with Crippen molar-refractivity contribution in [3.63, 3.8) is 0 Å². The molecule has 0 fully saturated rings. The maximum Gasteiger partial charge on any atom is -0.0134 e. The van der Waals surface area contributed by atoms with E-state index in [4.69, 9.17) is 0 Å². The fourth-order valence-electron chi connectivity index (χ4n) is 2.18. The molecule has 0 spiro atoms. The van der Waals surface area contributed by atoms with Crippen LogP contribution >= 0.6 is 7.92 Å². The Morgan fingerprint density at radius 2 is 0.538 bits per heavy atom. The van der Waals surface area contributed by atoms with Crippen molar-refractivity contribution in [3.05, 3.63) is 91.0 Å². The van der Waals surface area contributed by atoms with Gasteiger partial charge in [-0.15, -0.1) is 0 Å². The maximum absolute atomic E-state index is 2.23. The van der Waals surface area contributed by atoms with Crippen molar-refractivity contribution in [1.82, 2.24) is 0 Å². The first-order valence-corrected chi connectivity index (χ1v) is 7.74. The van der Waals surface area contributed by atoms with Crippen LogP contribution in [0.3, 0.4) is 0 Å². The van der Waals surface area contributed by atoms with Gasteiger partial charge in [-0.05, 0) is 23.8 Å². The van der Waals surface area contributed by atoms with Crippen molar-refractivity contribution in [2.45, 2.75) is 0 Å². The number of hydrogen-bond donors (Lipinski definition) is 0. The molecular weight excluding hydrogens is 483 g/mol. The fraction of sp³-hybridized carbons (Fsp3) is 0. The smallest absolute Gasteiger partial charge is 0.0134 e. The van der Waals surface area contributed by atoms with Gasteiger partial charge >= 0.3 is 24.4 Å². The van der Waals surface area contributed by atoms with E-state index in [1.165, 1.54) is 15.9 Å². The predicted molar refractivity (Wildman–Crippen MR) is 110 cm³/mol. The second kappa shape index (κ2) is 18.3. The van der Waals surface area contributed by atoms with Crippen LogP contribution in [0, 0.1) is 0 Å². The Morgan fingerprint density at radius 3 is 0.731 bits per heavy atom. The average molecular weight is 507 g/mol. The third-order valence-electron chi connectivity index (χ3n) is 3.04. The van der Waals surface area contributed by atoms with Crippen LogP contribution in [-0.2, 0) is 0 Å².